The second-order valence-electron chi connectivity index (χ2n) is 3.04. The maximum atomic E-state index is 5.24. The van der Waals surface area contributed by atoms with Gasteiger partial charge in [0, 0.05) is 12.6 Å². The molecular weight excluding hydrogens is 126 g/mol. The molecule has 0 unspecified atom stereocenters. The van der Waals surface area contributed by atoms with Crippen molar-refractivity contribution >= 4 is 0 Å². The van der Waals surface area contributed by atoms with Crippen molar-refractivity contribution in [2.24, 2.45) is 5.84 Å². The fourth-order valence-corrected chi connectivity index (χ4v) is 1.54. The number of nitrogens with two attached hydrogens (primary N) is 1. The van der Waals surface area contributed by atoms with Gasteiger partial charge in [0.15, 0.2) is 0 Å². The van der Waals surface area contributed by atoms with Gasteiger partial charge >= 0.3 is 0 Å². The average molecular weight is 143 g/mol. The van der Waals surface area contributed by atoms with Gasteiger partial charge in [0.1, 0.15) is 0 Å². The van der Waals surface area contributed by atoms with E-state index in [2.05, 4.69) is 17.4 Å². The molecule has 0 spiro atoms. The molecule has 3 N–H and O–H groups in total. The number of hydrogen-bond donors (Lipinski definition) is 2. The van der Waals surface area contributed by atoms with Crippen LogP contribution in [0.5, 0.6) is 0 Å². The summed E-state index contributed by atoms with van der Waals surface area (Å²) in [7, 11) is 2.17. The first-order chi connectivity index (χ1) is 4.84. The molecule has 1 aliphatic rings. The highest BCUT2D eigenvalue weighted by molar-refractivity contribution is 4.74. The van der Waals surface area contributed by atoms with Crippen LogP contribution in [0.1, 0.15) is 19.3 Å². The van der Waals surface area contributed by atoms with Gasteiger partial charge in [-0.15, -0.1) is 0 Å². The lowest BCUT2D eigenvalue weighted by Gasteiger charge is -2.31. The number of rotatable bonds is 2. The molecule has 1 aliphatic heterocycles. The number of nitrogens with one attached hydrogen (secondary N) is 1. The van der Waals surface area contributed by atoms with Crippen LogP contribution in [0, 0.1) is 0 Å². The molecule has 3 heteroatoms. The lowest BCUT2D eigenvalue weighted by atomic mass is 10.0. The van der Waals surface area contributed by atoms with Crippen LogP contribution in [0.4, 0.5) is 0 Å². The fraction of sp³-hybridized carbons (Fsp3) is 1.00. The van der Waals surface area contributed by atoms with Crippen molar-refractivity contribution in [3.63, 3.8) is 0 Å². The Morgan fingerprint density at radius 2 is 2.40 bits per heavy atom. The van der Waals surface area contributed by atoms with Crippen LogP contribution in [0.2, 0.25) is 0 Å². The van der Waals surface area contributed by atoms with Crippen molar-refractivity contribution in [3.05, 3.63) is 0 Å². The third-order valence-electron chi connectivity index (χ3n) is 2.27. The van der Waals surface area contributed by atoms with Crippen LogP contribution in [0.3, 0.4) is 0 Å². The molecule has 0 bridgehead atoms. The minimum atomic E-state index is 0.666. The molecule has 1 fully saturated rings. The molecule has 0 aromatic carbocycles. The number of piperidine rings is 1. The van der Waals surface area contributed by atoms with E-state index in [4.69, 9.17) is 5.84 Å². The van der Waals surface area contributed by atoms with Gasteiger partial charge in [0.2, 0.25) is 0 Å². The molecule has 1 atom stereocenters. The second kappa shape index (κ2) is 3.91. The van der Waals surface area contributed by atoms with Crippen LogP contribution in [-0.4, -0.2) is 31.1 Å². The van der Waals surface area contributed by atoms with E-state index >= 15 is 0 Å². The Morgan fingerprint density at radius 1 is 1.60 bits per heavy atom. The summed E-state index contributed by atoms with van der Waals surface area (Å²) in [6, 6.07) is 0.666. The number of hydrazine groups is 1. The van der Waals surface area contributed by atoms with Gasteiger partial charge in [-0.25, -0.2) is 0 Å². The largest absolute Gasteiger partial charge is 0.302 e. The Labute approximate surface area is 62.5 Å². The minimum Gasteiger partial charge on any atom is -0.302 e. The van der Waals surface area contributed by atoms with E-state index in [0.717, 1.165) is 6.54 Å². The van der Waals surface area contributed by atoms with Crippen LogP contribution in [0.25, 0.3) is 0 Å². The number of likely N-dealkylation sites (N-methyl/N-ethyl adjacent to an activating group) is 1. The quantitative estimate of drug-likeness (QED) is 0.420. The highest BCUT2D eigenvalue weighted by atomic mass is 15.2. The maximum absolute atomic E-state index is 5.24. The number of hydrogen-bond acceptors (Lipinski definition) is 3. The van der Waals surface area contributed by atoms with Gasteiger partial charge in [0.25, 0.3) is 0 Å². The summed E-state index contributed by atoms with van der Waals surface area (Å²) in [5.41, 5.74) is 2.73. The molecule has 1 rings (SSSR count). The first kappa shape index (κ1) is 7.98. The molecule has 0 amide bonds. The molecular formula is C7H17N3. The predicted molar refractivity (Wildman–Crippen MR) is 42.5 cm³/mol. The van der Waals surface area contributed by atoms with Crippen LogP contribution in [0.15, 0.2) is 0 Å². The summed E-state index contributed by atoms with van der Waals surface area (Å²) < 4.78 is 0. The van der Waals surface area contributed by atoms with E-state index in [1.807, 2.05) is 0 Å². The summed E-state index contributed by atoms with van der Waals surface area (Å²) in [6.07, 6.45) is 3.99. The van der Waals surface area contributed by atoms with Crippen molar-refractivity contribution in [2.75, 3.05) is 20.1 Å². The second-order valence-corrected chi connectivity index (χ2v) is 3.04. The Kier molecular flexibility index (Phi) is 3.12. The van der Waals surface area contributed by atoms with E-state index in [1.165, 1.54) is 25.8 Å². The molecule has 1 heterocycles. The standard InChI is InChI=1S/C7H17N3/c1-10-5-3-2-4-7(10)6-9-8/h7,9H,2-6,8H2,1H3/t7-/m1/s1. The molecule has 0 aromatic heterocycles. The summed E-state index contributed by atoms with van der Waals surface area (Å²) in [5.74, 6) is 5.24. The molecule has 3 nitrogen and oxygen atoms in total. The van der Waals surface area contributed by atoms with Crippen LogP contribution >= 0.6 is 0 Å². The Hall–Kier alpha value is -0.120. The number of likely N-dealkylation sites (tertiary alicyclic amines) is 1. The molecule has 0 aliphatic carbocycles. The van der Waals surface area contributed by atoms with E-state index in [1.54, 1.807) is 0 Å². The first-order valence-corrected chi connectivity index (χ1v) is 3.98. The monoisotopic (exact) mass is 143 g/mol. The third-order valence-corrected chi connectivity index (χ3v) is 2.27. The van der Waals surface area contributed by atoms with Gasteiger partial charge in [-0.05, 0) is 26.4 Å². The van der Waals surface area contributed by atoms with Gasteiger partial charge in [-0.1, -0.05) is 6.42 Å². The average Bonchev–Trinajstić information content (AvgIpc) is 1.94. The molecule has 0 saturated carbocycles. The van der Waals surface area contributed by atoms with E-state index in [9.17, 15) is 0 Å². The van der Waals surface area contributed by atoms with Crippen molar-refractivity contribution in [2.45, 2.75) is 25.3 Å². The Balaban J connectivity index is 2.25. The van der Waals surface area contributed by atoms with Gasteiger partial charge in [-0.3, -0.25) is 11.3 Å². The van der Waals surface area contributed by atoms with Gasteiger partial charge < -0.3 is 4.90 Å². The molecule has 1 saturated heterocycles. The summed E-state index contributed by atoms with van der Waals surface area (Å²) >= 11 is 0. The molecule has 10 heavy (non-hydrogen) atoms. The van der Waals surface area contributed by atoms with Crippen LogP contribution < -0.4 is 11.3 Å². The predicted octanol–water partition coefficient (Wildman–Crippen LogP) is -0.0660. The van der Waals surface area contributed by atoms with Crippen molar-refractivity contribution in [3.8, 4) is 0 Å². The number of nitrogens with zero attached hydrogens (tertiary/aromatic N) is 1. The minimum absolute atomic E-state index is 0.666. The summed E-state index contributed by atoms with van der Waals surface area (Å²) in [6.45, 7) is 2.16. The van der Waals surface area contributed by atoms with Crippen molar-refractivity contribution in [1.29, 1.82) is 0 Å². The maximum Gasteiger partial charge on any atom is 0.0254 e. The highest BCUT2D eigenvalue weighted by Crippen LogP contribution is 2.13. The molecule has 60 valence electrons. The van der Waals surface area contributed by atoms with Gasteiger partial charge in [0.05, 0.1) is 0 Å². The third kappa shape index (κ3) is 1.94. The zero-order chi connectivity index (χ0) is 7.40. The Morgan fingerprint density at radius 3 is 3.00 bits per heavy atom. The topological polar surface area (TPSA) is 41.3 Å². The van der Waals surface area contributed by atoms with E-state index < -0.39 is 0 Å². The van der Waals surface area contributed by atoms with Crippen molar-refractivity contribution in [1.82, 2.24) is 10.3 Å². The normalized spacial score (nSPS) is 28.8. The molecule has 0 radical (unpaired) electrons. The van der Waals surface area contributed by atoms with Crippen LogP contribution in [-0.2, 0) is 0 Å². The lowest BCUT2D eigenvalue weighted by molar-refractivity contribution is 0.182. The Bertz CT molecular complexity index is 92.9. The smallest absolute Gasteiger partial charge is 0.0254 e. The van der Waals surface area contributed by atoms with Gasteiger partial charge in [-0.2, -0.15) is 0 Å². The lowest BCUT2D eigenvalue weighted by Crippen LogP contribution is -2.44. The SMILES string of the molecule is CN1CCCC[C@@H]1CNN. The van der Waals surface area contributed by atoms with E-state index in [-0.39, 0.29) is 0 Å². The highest BCUT2D eigenvalue weighted by Gasteiger charge is 2.17. The zero-order valence-electron chi connectivity index (χ0n) is 6.64. The fourth-order valence-electron chi connectivity index (χ4n) is 1.54. The first-order valence-electron chi connectivity index (χ1n) is 3.98. The van der Waals surface area contributed by atoms with Crippen molar-refractivity contribution < 1.29 is 0 Å². The summed E-state index contributed by atoms with van der Waals surface area (Å²) in [4.78, 5) is 2.38. The summed E-state index contributed by atoms with van der Waals surface area (Å²) in [5, 5.41) is 0. The molecule has 0 aromatic rings. The zero-order valence-corrected chi connectivity index (χ0v) is 6.64. The van der Waals surface area contributed by atoms with E-state index in [0.29, 0.717) is 6.04 Å².